The molecule has 5 rings (SSSR count). The van der Waals surface area contributed by atoms with Crippen molar-refractivity contribution in [3.8, 4) is 11.8 Å². The summed E-state index contributed by atoms with van der Waals surface area (Å²) >= 11 is 8.47. The Balaban J connectivity index is 1.41. The standard InChI is InChI=1S/C28H25ClN6O3S2/c1-2-38-19-11-9-16(10-12-19)24-20(14-30)26(31)35(21-7-4-8-22(36)25(21)24)27-33-34-28(40-27)39-15-23(37)32-18-6-3-5-17(29)13-18/h3,5-6,9-13,24H,2,4,7-8,15,31H2,1H3,(H,32,37). The van der Waals surface area contributed by atoms with Crippen LogP contribution in [0.25, 0.3) is 0 Å². The van der Waals surface area contributed by atoms with Crippen molar-refractivity contribution in [2.24, 2.45) is 5.73 Å². The van der Waals surface area contributed by atoms with Gasteiger partial charge < -0.3 is 15.8 Å². The monoisotopic (exact) mass is 592 g/mol. The molecule has 0 saturated heterocycles. The van der Waals surface area contributed by atoms with Crippen LogP contribution in [0, 0.1) is 11.3 Å². The highest BCUT2D eigenvalue weighted by atomic mass is 35.5. The number of hydrogen-bond acceptors (Lipinski definition) is 10. The molecule has 0 saturated carbocycles. The van der Waals surface area contributed by atoms with Crippen LogP contribution in [0.15, 0.2) is 75.5 Å². The van der Waals surface area contributed by atoms with E-state index in [1.807, 2.05) is 31.2 Å². The van der Waals surface area contributed by atoms with E-state index in [1.165, 1.54) is 23.1 Å². The molecule has 0 fully saturated rings. The van der Waals surface area contributed by atoms with Crippen LogP contribution in [0.4, 0.5) is 10.8 Å². The molecule has 1 unspecified atom stereocenters. The molecule has 2 aromatic carbocycles. The Hall–Kier alpha value is -3.85. The fraction of sp³-hybridized carbons (Fsp3) is 0.250. The lowest BCUT2D eigenvalue weighted by atomic mass is 9.76. The van der Waals surface area contributed by atoms with E-state index in [4.69, 9.17) is 22.1 Å². The number of ketones is 1. The molecule has 40 heavy (non-hydrogen) atoms. The van der Waals surface area contributed by atoms with Crippen LogP contribution in [0.5, 0.6) is 5.75 Å². The van der Waals surface area contributed by atoms with E-state index in [2.05, 4.69) is 21.6 Å². The number of nitrogens with zero attached hydrogens (tertiary/aromatic N) is 4. The molecule has 204 valence electrons. The van der Waals surface area contributed by atoms with Crippen LogP contribution < -0.4 is 20.7 Å². The molecule has 1 amide bonds. The number of carbonyl (C=O) groups excluding carboxylic acids is 2. The molecule has 1 atom stereocenters. The van der Waals surface area contributed by atoms with Gasteiger partial charge in [-0.25, -0.2) is 0 Å². The van der Waals surface area contributed by atoms with Crippen molar-refractivity contribution in [2.45, 2.75) is 36.4 Å². The predicted octanol–water partition coefficient (Wildman–Crippen LogP) is 5.63. The number of allylic oxidation sites excluding steroid dienone is 3. The van der Waals surface area contributed by atoms with Crippen molar-refractivity contribution in [1.82, 2.24) is 10.2 Å². The van der Waals surface area contributed by atoms with Gasteiger partial charge in [0.25, 0.3) is 0 Å². The number of amides is 1. The fourth-order valence-electron chi connectivity index (χ4n) is 4.80. The number of thioether (sulfide) groups is 1. The van der Waals surface area contributed by atoms with Crippen LogP contribution >= 0.6 is 34.7 Å². The molecule has 12 heteroatoms. The zero-order valence-electron chi connectivity index (χ0n) is 21.5. The number of rotatable bonds is 8. The SMILES string of the molecule is CCOc1ccc(C2C(C#N)=C(N)N(c3nnc(SCC(=O)Nc4cccc(Cl)c4)s3)C3=C2C(=O)CCC3)cc1. The van der Waals surface area contributed by atoms with E-state index in [-0.39, 0.29) is 28.8 Å². The number of halogens is 1. The third-order valence-corrected chi connectivity index (χ3v) is 8.74. The Morgan fingerprint density at radius 2 is 2.08 bits per heavy atom. The lowest BCUT2D eigenvalue weighted by Gasteiger charge is -2.38. The molecule has 3 N–H and O–H groups in total. The molecule has 1 aliphatic heterocycles. The average Bonchev–Trinajstić information content (AvgIpc) is 3.40. The Bertz CT molecular complexity index is 1560. The summed E-state index contributed by atoms with van der Waals surface area (Å²) in [4.78, 5) is 27.4. The van der Waals surface area contributed by atoms with E-state index in [0.29, 0.717) is 57.4 Å². The van der Waals surface area contributed by atoms with Crippen LogP contribution in [-0.2, 0) is 9.59 Å². The lowest BCUT2D eigenvalue weighted by molar-refractivity contribution is -0.116. The second-order valence-corrected chi connectivity index (χ2v) is 11.6. The topological polar surface area (TPSA) is 134 Å². The summed E-state index contributed by atoms with van der Waals surface area (Å²) in [5.41, 5.74) is 9.60. The van der Waals surface area contributed by atoms with Gasteiger partial charge >= 0.3 is 0 Å². The summed E-state index contributed by atoms with van der Waals surface area (Å²) in [6, 6.07) is 16.6. The van der Waals surface area contributed by atoms with E-state index in [0.717, 1.165) is 11.3 Å². The smallest absolute Gasteiger partial charge is 0.234 e. The summed E-state index contributed by atoms with van der Waals surface area (Å²) in [6.45, 7) is 2.45. The Morgan fingerprint density at radius 3 is 2.80 bits per heavy atom. The molecular formula is C28H25ClN6O3S2. The molecule has 0 bridgehead atoms. The number of anilines is 2. The van der Waals surface area contributed by atoms with Gasteiger partial charge in [0.05, 0.1) is 29.9 Å². The summed E-state index contributed by atoms with van der Waals surface area (Å²) in [6.07, 6.45) is 1.68. The average molecular weight is 593 g/mol. The van der Waals surface area contributed by atoms with Crippen LogP contribution in [0.1, 0.15) is 37.7 Å². The van der Waals surface area contributed by atoms with Crippen molar-refractivity contribution in [3.63, 3.8) is 0 Å². The van der Waals surface area contributed by atoms with Gasteiger partial charge in [0.2, 0.25) is 11.0 Å². The maximum absolute atomic E-state index is 13.3. The molecule has 2 heterocycles. The molecule has 0 spiro atoms. The lowest BCUT2D eigenvalue weighted by Crippen LogP contribution is -2.38. The summed E-state index contributed by atoms with van der Waals surface area (Å²) in [7, 11) is 0. The minimum absolute atomic E-state index is 0.0119. The zero-order chi connectivity index (χ0) is 28.2. The molecular weight excluding hydrogens is 568 g/mol. The number of ether oxygens (including phenoxy) is 1. The largest absolute Gasteiger partial charge is 0.494 e. The Morgan fingerprint density at radius 1 is 1.27 bits per heavy atom. The van der Waals surface area contributed by atoms with Crippen molar-refractivity contribution < 1.29 is 14.3 Å². The number of nitrogens with two attached hydrogens (primary N) is 1. The first-order valence-corrected chi connectivity index (χ1v) is 14.8. The first-order chi connectivity index (χ1) is 19.4. The molecule has 3 aromatic rings. The van der Waals surface area contributed by atoms with Gasteiger partial charge in [-0.15, -0.1) is 10.2 Å². The molecule has 1 aliphatic carbocycles. The maximum atomic E-state index is 13.3. The summed E-state index contributed by atoms with van der Waals surface area (Å²) in [5.74, 6) is 0.250. The highest BCUT2D eigenvalue weighted by molar-refractivity contribution is 8.01. The number of aromatic nitrogens is 2. The van der Waals surface area contributed by atoms with Crippen LogP contribution in [0.2, 0.25) is 5.02 Å². The van der Waals surface area contributed by atoms with E-state index in [1.54, 1.807) is 29.2 Å². The fourth-order valence-corrected chi connectivity index (χ4v) is 6.67. The predicted molar refractivity (Wildman–Crippen MR) is 156 cm³/mol. The van der Waals surface area contributed by atoms with Crippen molar-refractivity contribution in [3.05, 3.63) is 81.8 Å². The van der Waals surface area contributed by atoms with Crippen molar-refractivity contribution in [2.75, 3.05) is 22.6 Å². The number of carbonyl (C=O) groups is 2. The first kappa shape index (κ1) is 27.7. The van der Waals surface area contributed by atoms with Crippen LogP contribution in [-0.4, -0.2) is 34.2 Å². The Labute approximate surface area is 244 Å². The molecule has 9 nitrogen and oxygen atoms in total. The molecule has 2 aliphatic rings. The quantitative estimate of drug-likeness (QED) is 0.319. The van der Waals surface area contributed by atoms with Gasteiger partial charge in [0.1, 0.15) is 11.6 Å². The third kappa shape index (κ3) is 5.70. The highest BCUT2D eigenvalue weighted by Crippen LogP contribution is 2.47. The van der Waals surface area contributed by atoms with Gasteiger partial charge in [-0.3, -0.25) is 14.5 Å². The normalized spacial score (nSPS) is 17.0. The third-order valence-electron chi connectivity index (χ3n) is 6.46. The van der Waals surface area contributed by atoms with Crippen molar-refractivity contribution in [1.29, 1.82) is 5.26 Å². The van der Waals surface area contributed by atoms with Gasteiger partial charge in [0, 0.05) is 28.4 Å². The second kappa shape index (κ2) is 12.1. The molecule has 0 radical (unpaired) electrons. The molecule has 1 aromatic heterocycles. The second-order valence-electron chi connectivity index (χ2n) is 9.02. The van der Waals surface area contributed by atoms with Crippen molar-refractivity contribution >= 4 is 57.2 Å². The van der Waals surface area contributed by atoms with Gasteiger partial charge in [-0.1, -0.05) is 52.9 Å². The van der Waals surface area contributed by atoms with Gasteiger partial charge in [0.15, 0.2) is 10.1 Å². The number of hydrogen-bond donors (Lipinski definition) is 2. The van der Waals surface area contributed by atoms with E-state index >= 15 is 0 Å². The summed E-state index contributed by atoms with van der Waals surface area (Å²) < 4.78 is 6.12. The maximum Gasteiger partial charge on any atom is 0.234 e. The number of Topliss-reactive ketones (excluding diaryl/α,β-unsaturated/α-hetero) is 1. The first-order valence-electron chi connectivity index (χ1n) is 12.6. The minimum Gasteiger partial charge on any atom is -0.494 e. The number of nitriles is 1. The minimum atomic E-state index is -0.573. The van der Waals surface area contributed by atoms with E-state index < -0.39 is 5.92 Å². The number of benzene rings is 2. The van der Waals surface area contributed by atoms with Gasteiger partial charge in [-0.2, -0.15) is 5.26 Å². The van der Waals surface area contributed by atoms with E-state index in [9.17, 15) is 14.9 Å². The summed E-state index contributed by atoms with van der Waals surface area (Å²) in [5, 5.41) is 22.5. The van der Waals surface area contributed by atoms with Gasteiger partial charge in [-0.05, 0) is 55.7 Å². The highest BCUT2D eigenvalue weighted by Gasteiger charge is 2.41. The Kier molecular flexibility index (Phi) is 8.40. The van der Waals surface area contributed by atoms with Crippen LogP contribution in [0.3, 0.4) is 0 Å². The number of nitrogens with one attached hydrogen (secondary N) is 1. The zero-order valence-corrected chi connectivity index (χ0v) is 23.9.